The fraction of sp³-hybridized carbons (Fsp3) is 0.482. The van der Waals surface area contributed by atoms with Gasteiger partial charge in [-0.25, -0.2) is 28.2 Å². The number of nitrogens with one attached hydrogen (secondary N) is 4. The minimum atomic E-state index is -5.63. The molecule has 30 nitrogen and oxygen atoms in total. The fourth-order valence-electron chi connectivity index (χ4n) is 11.0. The second-order valence-electron chi connectivity index (χ2n) is 22.5. The van der Waals surface area contributed by atoms with Crippen LogP contribution in [0.5, 0.6) is 0 Å². The van der Waals surface area contributed by atoms with Gasteiger partial charge in [0.25, 0.3) is 0 Å². The molecule has 1 saturated heterocycles. The third-order valence-corrected chi connectivity index (χ3v) is 19.9. The molecular weight excluding hydrogens is 1260 g/mol. The average Bonchev–Trinajstić information content (AvgIpc) is 1.64. The van der Waals surface area contributed by atoms with Crippen molar-refractivity contribution in [2.75, 3.05) is 37.8 Å². The first-order valence-electron chi connectivity index (χ1n) is 28.7. The summed E-state index contributed by atoms with van der Waals surface area (Å²) in [7, 11) is -14.5. The number of aromatic amines is 2. The number of phosphoric ester groups is 3. The largest absolute Gasteiger partial charge is 0.481 e. The number of carbonyl (C=O) groups is 4. The number of fused-ring (bicyclic) bond motifs is 9. The summed E-state index contributed by atoms with van der Waals surface area (Å²) in [5.41, 5.74) is 19.1. The Hall–Kier alpha value is -6.37. The van der Waals surface area contributed by atoms with Gasteiger partial charge < -0.3 is 65.5 Å². The molecule has 8 rings (SSSR count). The number of aliphatic carboxylic acids is 1. The highest BCUT2D eigenvalue weighted by molar-refractivity contribution is 8.13. The van der Waals surface area contributed by atoms with E-state index in [0.29, 0.717) is 23.5 Å². The number of hydrogen-bond acceptors (Lipinski definition) is 20. The van der Waals surface area contributed by atoms with Crippen LogP contribution in [0.25, 0.3) is 55.5 Å². The second kappa shape index (κ2) is 28.2. The van der Waals surface area contributed by atoms with Crippen LogP contribution < -0.4 is 20.9 Å². The van der Waals surface area contributed by atoms with Crippen LogP contribution in [-0.4, -0.2) is 149 Å². The number of H-pyrrole nitrogens is 2. The van der Waals surface area contributed by atoms with Crippen LogP contribution in [0.15, 0.2) is 36.9 Å². The topological polar surface area (TPSA) is 449 Å². The van der Waals surface area contributed by atoms with Crippen molar-refractivity contribution in [1.82, 2.24) is 45.1 Å². The lowest BCUT2D eigenvalue weighted by Gasteiger charge is -2.30. The van der Waals surface area contributed by atoms with E-state index in [1.807, 2.05) is 33.0 Å². The molecule has 5 aromatic heterocycles. The Bertz CT molecular complexity index is 4030. The Balaban J connectivity index is 0.825. The summed E-state index contributed by atoms with van der Waals surface area (Å²) in [6.07, 6.45) is -4.76. The second-order valence-corrected chi connectivity index (χ2v) is 27.9. The smallest absolute Gasteiger partial charge is 0.481 e. The Morgan fingerprint density at radius 1 is 0.833 bits per heavy atom. The first kappa shape index (κ1) is 69.5. The lowest BCUT2D eigenvalue weighted by atomic mass is 9.87. The monoisotopic (exact) mass is 1330 g/mol. The van der Waals surface area contributed by atoms with Crippen LogP contribution in [0.3, 0.4) is 0 Å². The number of carbonyl (C=O) groups excluding carboxylic acids is 3. The highest BCUT2D eigenvalue weighted by Gasteiger charge is 2.52. The lowest BCUT2D eigenvalue weighted by Crippen LogP contribution is -2.46. The van der Waals surface area contributed by atoms with Crippen molar-refractivity contribution in [2.45, 2.75) is 131 Å². The summed E-state index contributed by atoms with van der Waals surface area (Å²) >= 11 is 1.03. The number of aromatic nitrogens is 8. The number of aryl methyl sites for hydroxylation is 5. The predicted molar refractivity (Wildman–Crippen MR) is 331 cm³/mol. The number of nitrogen functional groups attached to an aromatic ring is 1. The van der Waals surface area contributed by atoms with E-state index >= 15 is 0 Å². The molecule has 90 heavy (non-hydrogen) atoms. The van der Waals surface area contributed by atoms with Crippen molar-refractivity contribution in [1.29, 1.82) is 0 Å². The van der Waals surface area contributed by atoms with E-state index in [4.69, 9.17) is 34.0 Å². The van der Waals surface area contributed by atoms with Crippen molar-refractivity contribution in [3.05, 3.63) is 81.9 Å². The van der Waals surface area contributed by atoms with Gasteiger partial charge in [0.15, 0.2) is 23.6 Å². The summed E-state index contributed by atoms with van der Waals surface area (Å²) in [6, 6.07) is 8.18. The highest BCUT2D eigenvalue weighted by atomic mass is 32.2. The van der Waals surface area contributed by atoms with Crippen LogP contribution in [0.2, 0.25) is 0 Å². The molecule has 7 unspecified atom stereocenters. The lowest BCUT2D eigenvalue weighted by molar-refractivity contribution is -0.745. The van der Waals surface area contributed by atoms with Gasteiger partial charge in [-0.3, -0.25) is 37.7 Å². The standard InChI is InChI=1S/C56H74N11O19P3S/c1-10-32-28(3)38-23-43-33(11-2)31(6)42(66(43)9)22-37-30(5)35(41(65-37)21-40-34(12-14-46(69)70)29(4)36(63-40)20-39(32)64-38)13-15-47(71)90-19-18-58-45(68)16-17-59-54(74)51(73)56(7,8)25-83-89(80,81)86-88(78,79)82-24-44-50(85-87(75,76)77)49(72)55(84-44)67-27-62-48-52(57)60-26-61-53(48)67/h20-23,26-27,44,49-51,55,72-73H,10-19,24-25H2,1-9H3,(H10,57,58,59,60,61,63,64,65,68,69,70,74,75,76,77,78,79,80,81)/p+1. The average molecular weight is 1330 g/mol. The molecule has 5 aromatic rings. The first-order valence-corrected chi connectivity index (χ1v) is 34.2. The summed E-state index contributed by atoms with van der Waals surface area (Å²) in [5.74, 6) is -2.21. The molecular formula is C56H75N11O19P3S+. The summed E-state index contributed by atoms with van der Waals surface area (Å²) in [4.78, 5) is 116. The molecule has 8 bridgehead atoms. The van der Waals surface area contributed by atoms with Gasteiger partial charge in [0.05, 0.1) is 36.0 Å². The SMILES string of the molecule is CCc1c(C)c2cc3c(CC)c(C)c(cc4nc(cc5nc(cc1[nH]2)C(C)=C5CCC(=O)O)C(CCC(=O)SCCNC(=O)CCNC(=O)C(O)C(C)(C)COP(=O)(O)OP(=O)(O)OCC1OC([n+]2c[nH]c5c(N)ncnc52)C(O)C1OP(=O)(O)O)=C4C)n3C. The molecule has 8 heterocycles. The number of carboxylic acid groups (broad SMARTS) is 1. The number of aliphatic hydroxyl groups is 2. The Morgan fingerprint density at radius 3 is 2.12 bits per heavy atom. The Labute approximate surface area is 520 Å². The van der Waals surface area contributed by atoms with Crippen LogP contribution in [0.1, 0.15) is 125 Å². The predicted octanol–water partition coefficient (Wildman–Crippen LogP) is 5.67. The van der Waals surface area contributed by atoms with Crippen LogP contribution in [0, 0.1) is 19.3 Å². The van der Waals surface area contributed by atoms with E-state index in [9.17, 15) is 67.8 Å². The molecule has 1 fully saturated rings. The van der Waals surface area contributed by atoms with Gasteiger partial charge in [0.1, 0.15) is 24.4 Å². The van der Waals surface area contributed by atoms with Crippen LogP contribution >= 0.6 is 35.2 Å². The van der Waals surface area contributed by atoms with E-state index in [1.165, 1.54) is 30.3 Å². The van der Waals surface area contributed by atoms with Gasteiger partial charge in [-0.05, 0) is 122 Å². The zero-order valence-corrected chi connectivity index (χ0v) is 54.4. The molecule has 2 amide bonds. The number of allylic oxidation sites excluding steroid dienone is 4. The molecule has 3 aliphatic rings. The van der Waals surface area contributed by atoms with Gasteiger partial charge in [0.2, 0.25) is 23.6 Å². The van der Waals surface area contributed by atoms with Gasteiger partial charge >= 0.3 is 35.1 Å². The third kappa shape index (κ3) is 16.1. The van der Waals surface area contributed by atoms with Gasteiger partial charge in [-0.1, -0.05) is 44.4 Å². The number of nitrogens with zero attached hydrogens (tertiary/aromatic N) is 6. The first-order chi connectivity index (χ1) is 42.2. The van der Waals surface area contributed by atoms with Crippen molar-refractivity contribution < 1.29 is 95.0 Å². The number of carboxylic acids is 1. The van der Waals surface area contributed by atoms with E-state index in [0.717, 1.165) is 97.7 Å². The quantitative estimate of drug-likeness (QED) is 0.0171. The summed E-state index contributed by atoms with van der Waals surface area (Å²) < 4.78 is 65.4. The number of nitrogens with two attached hydrogens (primary N) is 1. The number of hydrogen-bond donors (Lipinski definition) is 12. The van der Waals surface area contributed by atoms with E-state index in [2.05, 4.69) is 79.3 Å². The number of thioether (sulfide) groups is 1. The minimum Gasteiger partial charge on any atom is -0.481 e. The highest BCUT2D eigenvalue weighted by Crippen LogP contribution is 2.61. The molecule has 0 aliphatic carbocycles. The molecule has 488 valence electrons. The van der Waals surface area contributed by atoms with E-state index in [1.54, 1.807) is 0 Å². The number of ether oxygens (including phenoxy) is 1. The normalized spacial score (nSPS) is 18.9. The van der Waals surface area contributed by atoms with Crippen LogP contribution in [-0.2, 0) is 75.4 Å². The molecule has 34 heteroatoms. The van der Waals surface area contributed by atoms with Gasteiger partial charge in [-0.2, -0.15) is 9.29 Å². The van der Waals surface area contributed by atoms with Gasteiger partial charge in [0, 0.05) is 72.6 Å². The van der Waals surface area contributed by atoms with Crippen molar-refractivity contribution >= 4 is 119 Å². The maximum atomic E-state index is 13.5. The zero-order chi connectivity index (χ0) is 65.9. The van der Waals surface area contributed by atoms with Crippen molar-refractivity contribution in [3.63, 3.8) is 0 Å². The zero-order valence-electron chi connectivity index (χ0n) is 50.9. The molecule has 0 saturated carbocycles. The number of aliphatic hydroxyl groups excluding tert-OH is 2. The number of amides is 2. The van der Waals surface area contributed by atoms with Crippen LogP contribution in [0.4, 0.5) is 5.82 Å². The molecule has 0 radical (unpaired) electrons. The van der Waals surface area contributed by atoms with Crippen molar-refractivity contribution in [3.8, 4) is 0 Å². The Kier molecular flexibility index (Phi) is 21.8. The number of phosphoric acid groups is 3. The number of anilines is 1. The molecule has 7 atom stereocenters. The van der Waals surface area contributed by atoms with E-state index in [-0.39, 0.29) is 66.6 Å². The molecule has 0 aromatic carbocycles. The minimum absolute atomic E-state index is 0.00155. The molecule has 0 spiro atoms. The van der Waals surface area contributed by atoms with Gasteiger partial charge in [-0.15, -0.1) is 0 Å². The number of rotatable bonds is 27. The molecule has 13 N–H and O–H groups in total. The van der Waals surface area contributed by atoms with Crippen molar-refractivity contribution in [2.24, 2.45) is 12.5 Å². The number of imidazole rings is 1. The summed E-state index contributed by atoms with van der Waals surface area (Å²) in [6.45, 7) is 12.7. The van der Waals surface area contributed by atoms with E-state index < -0.39 is 90.5 Å². The maximum absolute atomic E-state index is 13.5. The molecule has 3 aliphatic heterocycles. The summed E-state index contributed by atoms with van der Waals surface area (Å²) in [5, 5.41) is 36.6. The fourth-order valence-corrected chi connectivity index (χ4v) is 14.5. The third-order valence-electron chi connectivity index (χ3n) is 15.9. The maximum Gasteiger partial charge on any atom is 0.481 e. The Morgan fingerprint density at radius 2 is 1.48 bits per heavy atom.